The predicted molar refractivity (Wildman–Crippen MR) is 106 cm³/mol. The molecule has 0 atom stereocenters. The van der Waals surface area contributed by atoms with Crippen molar-refractivity contribution in [2.24, 2.45) is 5.73 Å². The summed E-state index contributed by atoms with van der Waals surface area (Å²) in [5.74, 6) is -1.22. The molecule has 0 aromatic heterocycles. The Morgan fingerprint density at radius 3 is 2.34 bits per heavy atom. The van der Waals surface area contributed by atoms with E-state index in [0.717, 1.165) is 0 Å². The van der Waals surface area contributed by atoms with Crippen LogP contribution in [0, 0.1) is 0 Å². The van der Waals surface area contributed by atoms with E-state index in [-0.39, 0.29) is 30.1 Å². The maximum absolute atomic E-state index is 11.9. The van der Waals surface area contributed by atoms with Gasteiger partial charge in [-0.1, -0.05) is 12.1 Å². The zero-order valence-corrected chi connectivity index (χ0v) is 16.0. The van der Waals surface area contributed by atoms with E-state index in [1.165, 1.54) is 19.1 Å². The number of ether oxygens (including phenoxy) is 2. The SMILES string of the molecule is CC(=O)c1ccc(OCCCC(=O)OCC(=O)Nc2ccccc2C(N)=O)cc1. The van der Waals surface area contributed by atoms with Gasteiger partial charge in [-0.2, -0.15) is 0 Å². The summed E-state index contributed by atoms with van der Waals surface area (Å²) in [4.78, 5) is 46.2. The van der Waals surface area contributed by atoms with Crippen molar-refractivity contribution < 1.29 is 28.7 Å². The van der Waals surface area contributed by atoms with Gasteiger partial charge in [0, 0.05) is 12.0 Å². The van der Waals surface area contributed by atoms with Crippen LogP contribution in [0.4, 0.5) is 5.69 Å². The maximum Gasteiger partial charge on any atom is 0.306 e. The molecular formula is C21H22N2O6. The van der Waals surface area contributed by atoms with Crippen LogP contribution in [0.5, 0.6) is 5.75 Å². The van der Waals surface area contributed by atoms with Crippen LogP contribution in [0.25, 0.3) is 0 Å². The first kappa shape index (κ1) is 21.6. The molecule has 2 amide bonds. The van der Waals surface area contributed by atoms with E-state index < -0.39 is 24.4 Å². The molecule has 0 saturated carbocycles. The van der Waals surface area contributed by atoms with Gasteiger partial charge >= 0.3 is 5.97 Å². The highest BCUT2D eigenvalue weighted by Crippen LogP contribution is 2.14. The van der Waals surface area contributed by atoms with Crippen LogP contribution in [0.1, 0.15) is 40.5 Å². The smallest absolute Gasteiger partial charge is 0.306 e. The van der Waals surface area contributed by atoms with Crippen molar-refractivity contribution in [3.05, 3.63) is 59.7 Å². The zero-order valence-electron chi connectivity index (χ0n) is 16.0. The molecular weight excluding hydrogens is 376 g/mol. The fraction of sp³-hybridized carbons (Fsp3) is 0.238. The molecule has 0 fully saturated rings. The molecule has 0 bridgehead atoms. The molecule has 3 N–H and O–H groups in total. The molecule has 0 aliphatic rings. The van der Waals surface area contributed by atoms with E-state index in [1.807, 2.05) is 0 Å². The van der Waals surface area contributed by atoms with Crippen LogP contribution >= 0.6 is 0 Å². The normalized spacial score (nSPS) is 10.1. The molecule has 0 aliphatic carbocycles. The third-order valence-electron chi connectivity index (χ3n) is 3.89. The van der Waals surface area contributed by atoms with Gasteiger partial charge in [0.05, 0.1) is 17.9 Å². The average Bonchev–Trinajstić information content (AvgIpc) is 2.70. The number of para-hydroxylation sites is 1. The van der Waals surface area contributed by atoms with Gasteiger partial charge in [-0.15, -0.1) is 0 Å². The number of Topliss-reactive ketones (excluding diaryl/α,β-unsaturated/α-hetero) is 1. The lowest BCUT2D eigenvalue weighted by Gasteiger charge is -2.09. The summed E-state index contributed by atoms with van der Waals surface area (Å²) in [6.45, 7) is 1.30. The summed E-state index contributed by atoms with van der Waals surface area (Å²) < 4.78 is 10.4. The molecule has 0 radical (unpaired) electrons. The summed E-state index contributed by atoms with van der Waals surface area (Å²) in [6, 6.07) is 13.0. The number of hydrogen-bond donors (Lipinski definition) is 2. The Kier molecular flexibility index (Phi) is 7.90. The highest BCUT2D eigenvalue weighted by atomic mass is 16.5. The van der Waals surface area contributed by atoms with Crippen molar-refractivity contribution in [2.75, 3.05) is 18.5 Å². The number of ketones is 1. The number of nitrogens with two attached hydrogens (primary N) is 1. The van der Waals surface area contributed by atoms with Crippen LogP contribution in [0.2, 0.25) is 0 Å². The number of carbonyl (C=O) groups excluding carboxylic acids is 4. The number of rotatable bonds is 10. The number of primary amides is 1. The molecule has 2 rings (SSSR count). The van der Waals surface area contributed by atoms with Crippen LogP contribution in [-0.2, 0) is 14.3 Å². The number of nitrogens with one attached hydrogen (secondary N) is 1. The van der Waals surface area contributed by atoms with Crippen molar-refractivity contribution in [3.63, 3.8) is 0 Å². The first-order chi connectivity index (χ1) is 13.9. The monoisotopic (exact) mass is 398 g/mol. The van der Waals surface area contributed by atoms with Crippen LogP contribution in [0.15, 0.2) is 48.5 Å². The second kappa shape index (κ2) is 10.6. The van der Waals surface area contributed by atoms with Crippen molar-refractivity contribution in [2.45, 2.75) is 19.8 Å². The van der Waals surface area contributed by atoms with Crippen LogP contribution < -0.4 is 15.8 Å². The quantitative estimate of drug-likeness (QED) is 0.359. The number of hydrogen-bond acceptors (Lipinski definition) is 6. The van der Waals surface area contributed by atoms with Crippen molar-refractivity contribution in [1.82, 2.24) is 0 Å². The second-order valence-corrected chi connectivity index (χ2v) is 6.15. The molecule has 8 heteroatoms. The molecule has 0 aliphatic heterocycles. The van der Waals surface area contributed by atoms with Gasteiger partial charge in [0.2, 0.25) is 0 Å². The molecule has 0 unspecified atom stereocenters. The average molecular weight is 398 g/mol. The van der Waals surface area contributed by atoms with E-state index in [9.17, 15) is 19.2 Å². The van der Waals surface area contributed by atoms with Crippen LogP contribution in [-0.4, -0.2) is 36.8 Å². The van der Waals surface area contributed by atoms with Crippen molar-refractivity contribution in [3.8, 4) is 5.75 Å². The van der Waals surface area contributed by atoms with Crippen molar-refractivity contribution >= 4 is 29.3 Å². The lowest BCUT2D eigenvalue weighted by molar-refractivity contribution is -0.147. The third-order valence-corrected chi connectivity index (χ3v) is 3.89. The Hall–Kier alpha value is -3.68. The Morgan fingerprint density at radius 1 is 1.00 bits per heavy atom. The van der Waals surface area contributed by atoms with E-state index in [4.69, 9.17) is 15.2 Å². The first-order valence-electron chi connectivity index (χ1n) is 8.95. The Bertz CT molecular complexity index is 892. The van der Waals surface area contributed by atoms with Gasteiger partial charge < -0.3 is 20.5 Å². The molecule has 2 aromatic carbocycles. The summed E-state index contributed by atoms with van der Waals surface area (Å²) >= 11 is 0. The zero-order chi connectivity index (χ0) is 21.2. The van der Waals surface area contributed by atoms with Crippen molar-refractivity contribution in [1.29, 1.82) is 0 Å². The minimum absolute atomic E-state index is 0.0264. The molecule has 0 spiro atoms. The van der Waals surface area contributed by atoms with Gasteiger partial charge in [-0.05, 0) is 49.7 Å². The number of amides is 2. The molecule has 8 nitrogen and oxygen atoms in total. The van der Waals surface area contributed by atoms with Gasteiger partial charge in [0.25, 0.3) is 11.8 Å². The number of esters is 1. The molecule has 29 heavy (non-hydrogen) atoms. The lowest BCUT2D eigenvalue weighted by Crippen LogP contribution is -2.23. The Morgan fingerprint density at radius 2 is 1.69 bits per heavy atom. The minimum Gasteiger partial charge on any atom is -0.494 e. The molecule has 0 heterocycles. The summed E-state index contributed by atoms with van der Waals surface area (Å²) in [7, 11) is 0. The highest BCUT2D eigenvalue weighted by molar-refractivity contribution is 6.03. The van der Waals surface area contributed by atoms with E-state index in [1.54, 1.807) is 36.4 Å². The van der Waals surface area contributed by atoms with Gasteiger partial charge in [-0.25, -0.2) is 0 Å². The lowest BCUT2D eigenvalue weighted by atomic mass is 10.1. The second-order valence-electron chi connectivity index (χ2n) is 6.15. The van der Waals surface area contributed by atoms with E-state index in [0.29, 0.717) is 17.7 Å². The largest absolute Gasteiger partial charge is 0.494 e. The molecule has 152 valence electrons. The highest BCUT2D eigenvalue weighted by Gasteiger charge is 2.12. The standard InChI is InChI=1S/C21H22N2O6/c1-14(24)15-8-10-16(11-9-15)28-12-4-7-20(26)29-13-19(25)23-18-6-3-2-5-17(18)21(22)27/h2-3,5-6,8-11H,4,7,12-13H2,1H3,(H2,22,27)(H,23,25). The predicted octanol–water partition coefficient (Wildman–Crippen LogP) is 2.33. The summed E-state index contributed by atoms with van der Waals surface area (Å²) in [5, 5.41) is 2.48. The van der Waals surface area contributed by atoms with Gasteiger partial charge in [-0.3, -0.25) is 19.2 Å². The molecule has 2 aromatic rings. The Labute approximate surface area is 168 Å². The number of carbonyl (C=O) groups is 4. The molecule has 0 saturated heterocycles. The number of anilines is 1. The fourth-order valence-electron chi connectivity index (χ4n) is 2.40. The van der Waals surface area contributed by atoms with E-state index >= 15 is 0 Å². The Balaban J connectivity index is 1.67. The third kappa shape index (κ3) is 7.10. The topological polar surface area (TPSA) is 125 Å². The number of benzene rings is 2. The first-order valence-corrected chi connectivity index (χ1v) is 8.95. The fourth-order valence-corrected chi connectivity index (χ4v) is 2.40. The maximum atomic E-state index is 11.9. The summed E-state index contributed by atoms with van der Waals surface area (Å²) in [6.07, 6.45) is 0.482. The minimum atomic E-state index is -0.672. The summed E-state index contributed by atoms with van der Waals surface area (Å²) in [5.41, 5.74) is 6.26. The van der Waals surface area contributed by atoms with Gasteiger partial charge in [0.15, 0.2) is 12.4 Å². The van der Waals surface area contributed by atoms with E-state index in [2.05, 4.69) is 5.32 Å². The van der Waals surface area contributed by atoms with Gasteiger partial charge in [0.1, 0.15) is 5.75 Å². The van der Waals surface area contributed by atoms with Crippen LogP contribution in [0.3, 0.4) is 0 Å².